The molecule has 0 aliphatic heterocycles. The van der Waals surface area contributed by atoms with E-state index < -0.39 is 17.5 Å². The molecular formula is C13H10F2N2O2S. The second-order valence-electron chi connectivity index (χ2n) is 4.05. The van der Waals surface area contributed by atoms with E-state index in [4.69, 9.17) is 0 Å². The second-order valence-corrected chi connectivity index (χ2v) is 4.91. The summed E-state index contributed by atoms with van der Waals surface area (Å²) in [6.07, 6.45) is -0.235. The fourth-order valence-electron chi connectivity index (χ4n) is 1.49. The Morgan fingerprint density at radius 3 is 2.70 bits per heavy atom. The van der Waals surface area contributed by atoms with E-state index in [1.165, 1.54) is 18.4 Å². The first kappa shape index (κ1) is 14.3. The molecule has 2 aromatic rings. The van der Waals surface area contributed by atoms with E-state index in [-0.39, 0.29) is 28.6 Å². The molecule has 0 spiro atoms. The van der Waals surface area contributed by atoms with Crippen molar-refractivity contribution < 1.29 is 18.4 Å². The lowest BCUT2D eigenvalue weighted by Gasteiger charge is -2.03. The van der Waals surface area contributed by atoms with Gasteiger partial charge in [-0.15, -0.1) is 11.3 Å². The number of hydrogen-bond donors (Lipinski definition) is 1. The molecule has 0 atom stereocenters. The zero-order valence-electron chi connectivity index (χ0n) is 10.4. The first-order valence-electron chi connectivity index (χ1n) is 5.66. The van der Waals surface area contributed by atoms with Gasteiger partial charge in [0.15, 0.2) is 10.9 Å². The summed E-state index contributed by atoms with van der Waals surface area (Å²) in [6, 6.07) is 3.02. The zero-order chi connectivity index (χ0) is 14.7. The molecule has 4 nitrogen and oxygen atoms in total. The summed E-state index contributed by atoms with van der Waals surface area (Å²) in [7, 11) is 0. The minimum Gasteiger partial charge on any atom is -0.302 e. The van der Waals surface area contributed by atoms with Crippen LogP contribution in [-0.2, 0) is 11.2 Å². The normalized spacial score (nSPS) is 10.3. The summed E-state index contributed by atoms with van der Waals surface area (Å²) in [6.45, 7) is 1.37. The predicted octanol–water partition coefficient (Wildman–Crippen LogP) is 2.81. The van der Waals surface area contributed by atoms with Crippen molar-refractivity contribution in [3.05, 3.63) is 46.5 Å². The molecule has 7 heteroatoms. The molecule has 20 heavy (non-hydrogen) atoms. The van der Waals surface area contributed by atoms with Crippen LogP contribution >= 0.6 is 11.3 Å². The SMILES string of the molecule is CC(=O)c1csc(NC(=O)Cc2ccc(F)cc2F)n1. The van der Waals surface area contributed by atoms with Gasteiger partial charge in [-0.3, -0.25) is 9.59 Å². The minimum absolute atomic E-state index is 0.0900. The molecule has 1 aromatic carbocycles. The highest BCUT2D eigenvalue weighted by atomic mass is 32.1. The van der Waals surface area contributed by atoms with Crippen LogP contribution in [0.1, 0.15) is 23.0 Å². The molecule has 0 saturated heterocycles. The van der Waals surface area contributed by atoms with Crippen LogP contribution in [0.15, 0.2) is 23.6 Å². The topological polar surface area (TPSA) is 59.1 Å². The van der Waals surface area contributed by atoms with Crippen LogP contribution in [0.5, 0.6) is 0 Å². The molecule has 1 amide bonds. The van der Waals surface area contributed by atoms with Gasteiger partial charge in [0.2, 0.25) is 5.91 Å². The molecule has 104 valence electrons. The number of rotatable bonds is 4. The third kappa shape index (κ3) is 3.45. The summed E-state index contributed by atoms with van der Waals surface area (Å²) < 4.78 is 26.1. The van der Waals surface area contributed by atoms with Gasteiger partial charge in [0.05, 0.1) is 6.42 Å². The molecule has 0 bridgehead atoms. The number of nitrogens with zero attached hydrogens (tertiary/aromatic N) is 1. The molecule has 0 aliphatic carbocycles. The van der Waals surface area contributed by atoms with Crippen molar-refractivity contribution in [2.75, 3.05) is 5.32 Å². The number of carbonyl (C=O) groups is 2. The van der Waals surface area contributed by atoms with Crippen molar-refractivity contribution in [2.24, 2.45) is 0 Å². The highest BCUT2D eigenvalue weighted by Gasteiger charge is 2.12. The number of benzene rings is 1. The van der Waals surface area contributed by atoms with Gasteiger partial charge in [-0.1, -0.05) is 6.07 Å². The molecule has 0 unspecified atom stereocenters. The van der Waals surface area contributed by atoms with E-state index in [9.17, 15) is 18.4 Å². The number of ketones is 1. The standard InChI is InChI=1S/C13H10F2N2O2S/c1-7(18)11-6-20-13(16-11)17-12(19)4-8-2-3-9(14)5-10(8)15/h2-3,5-6H,4H2,1H3,(H,16,17,19). The van der Waals surface area contributed by atoms with E-state index in [1.54, 1.807) is 0 Å². The largest absolute Gasteiger partial charge is 0.302 e. The van der Waals surface area contributed by atoms with Crippen molar-refractivity contribution in [2.45, 2.75) is 13.3 Å². The summed E-state index contributed by atoms with van der Waals surface area (Å²) in [5, 5.41) is 4.25. The van der Waals surface area contributed by atoms with Crippen LogP contribution in [0.25, 0.3) is 0 Å². The minimum atomic E-state index is -0.774. The van der Waals surface area contributed by atoms with Crippen LogP contribution in [-0.4, -0.2) is 16.7 Å². The number of Topliss-reactive ketones (excluding diaryl/α,β-unsaturated/α-hetero) is 1. The van der Waals surface area contributed by atoms with Crippen molar-refractivity contribution in [1.29, 1.82) is 0 Å². The van der Waals surface area contributed by atoms with Crippen molar-refractivity contribution in [1.82, 2.24) is 4.98 Å². The maximum Gasteiger partial charge on any atom is 0.230 e. The van der Waals surface area contributed by atoms with Gasteiger partial charge in [0.25, 0.3) is 0 Å². The maximum absolute atomic E-state index is 13.4. The van der Waals surface area contributed by atoms with E-state index in [0.29, 0.717) is 0 Å². The van der Waals surface area contributed by atoms with Crippen molar-refractivity contribution in [3.8, 4) is 0 Å². The first-order chi connectivity index (χ1) is 9.45. The van der Waals surface area contributed by atoms with Crippen LogP contribution < -0.4 is 5.32 Å². The lowest BCUT2D eigenvalue weighted by Crippen LogP contribution is -2.15. The molecular weight excluding hydrogens is 286 g/mol. The van der Waals surface area contributed by atoms with Crippen LogP contribution in [0, 0.1) is 11.6 Å². The zero-order valence-corrected chi connectivity index (χ0v) is 11.3. The van der Waals surface area contributed by atoms with Crippen molar-refractivity contribution >= 4 is 28.2 Å². The Bertz CT molecular complexity index is 670. The lowest BCUT2D eigenvalue weighted by molar-refractivity contribution is -0.115. The number of anilines is 1. The Morgan fingerprint density at radius 1 is 1.35 bits per heavy atom. The first-order valence-corrected chi connectivity index (χ1v) is 6.54. The fraction of sp³-hybridized carbons (Fsp3) is 0.154. The van der Waals surface area contributed by atoms with Gasteiger partial charge in [-0.2, -0.15) is 0 Å². The smallest absolute Gasteiger partial charge is 0.230 e. The quantitative estimate of drug-likeness (QED) is 0.883. The third-order valence-corrected chi connectivity index (χ3v) is 3.24. The molecule has 0 fully saturated rings. The summed E-state index contributed by atoms with van der Waals surface area (Å²) in [4.78, 5) is 26.7. The summed E-state index contributed by atoms with van der Waals surface area (Å²) >= 11 is 1.11. The van der Waals surface area contributed by atoms with E-state index >= 15 is 0 Å². The number of nitrogens with one attached hydrogen (secondary N) is 1. The van der Waals surface area contributed by atoms with Gasteiger partial charge in [0, 0.05) is 18.4 Å². The van der Waals surface area contributed by atoms with Gasteiger partial charge in [-0.25, -0.2) is 13.8 Å². The van der Waals surface area contributed by atoms with Gasteiger partial charge < -0.3 is 5.32 Å². The van der Waals surface area contributed by atoms with Gasteiger partial charge in [0.1, 0.15) is 17.3 Å². The Hall–Kier alpha value is -2.15. The molecule has 1 N–H and O–H groups in total. The maximum atomic E-state index is 13.4. The molecule has 0 radical (unpaired) electrons. The average Bonchev–Trinajstić information content (AvgIpc) is 2.81. The average molecular weight is 296 g/mol. The van der Waals surface area contributed by atoms with E-state index in [2.05, 4.69) is 10.3 Å². The van der Waals surface area contributed by atoms with Crippen LogP contribution in [0.4, 0.5) is 13.9 Å². The monoisotopic (exact) mass is 296 g/mol. The van der Waals surface area contributed by atoms with Gasteiger partial charge in [-0.05, 0) is 11.6 Å². The van der Waals surface area contributed by atoms with Crippen molar-refractivity contribution in [3.63, 3.8) is 0 Å². The highest BCUT2D eigenvalue weighted by molar-refractivity contribution is 7.14. The molecule has 0 aliphatic rings. The number of thiazole rings is 1. The Labute approximate surface area is 117 Å². The number of hydrogen-bond acceptors (Lipinski definition) is 4. The van der Waals surface area contributed by atoms with Crippen LogP contribution in [0.2, 0.25) is 0 Å². The predicted molar refractivity (Wildman–Crippen MR) is 70.8 cm³/mol. The van der Waals surface area contributed by atoms with Gasteiger partial charge >= 0.3 is 0 Å². The summed E-state index contributed by atoms with van der Waals surface area (Å²) in [5.74, 6) is -2.16. The lowest BCUT2D eigenvalue weighted by atomic mass is 10.1. The Balaban J connectivity index is 2.03. The Kier molecular flexibility index (Phi) is 4.19. The molecule has 1 heterocycles. The number of halogens is 2. The van der Waals surface area contributed by atoms with E-state index in [0.717, 1.165) is 23.5 Å². The molecule has 2 rings (SSSR count). The van der Waals surface area contributed by atoms with E-state index in [1.807, 2.05) is 0 Å². The number of carbonyl (C=O) groups excluding carboxylic acids is 2. The molecule has 1 aromatic heterocycles. The number of amides is 1. The van der Waals surface area contributed by atoms with Crippen LogP contribution in [0.3, 0.4) is 0 Å². The fourth-order valence-corrected chi connectivity index (χ4v) is 2.26. The summed E-state index contributed by atoms with van der Waals surface area (Å²) in [5.41, 5.74) is 0.352. The Morgan fingerprint density at radius 2 is 2.10 bits per heavy atom. The second kappa shape index (κ2) is 5.87. The third-order valence-electron chi connectivity index (χ3n) is 2.48. The highest BCUT2D eigenvalue weighted by Crippen LogP contribution is 2.17. The molecule has 0 saturated carbocycles. The number of aromatic nitrogens is 1.